The third kappa shape index (κ3) is 5.03. The molecule has 5 nitrogen and oxygen atoms in total. The number of benzene rings is 2. The van der Waals surface area contributed by atoms with Crippen molar-refractivity contribution < 1.29 is 21.6 Å². The number of aryl methyl sites for hydroxylation is 2. The molecule has 0 aromatic heterocycles. The molecule has 0 atom stereocenters. The maximum absolute atomic E-state index is 12.8. The Labute approximate surface area is 162 Å². The minimum atomic E-state index is -5.53. The van der Waals surface area contributed by atoms with Gasteiger partial charge < -0.3 is 0 Å². The maximum atomic E-state index is 12.8. The van der Waals surface area contributed by atoms with Crippen LogP contribution in [0.15, 0.2) is 47.6 Å². The van der Waals surface area contributed by atoms with Crippen LogP contribution in [0.25, 0.3) is 0 Å². The van der Waals surface area contributed by atoms with E-state index in [9.17, 15) is 21.6 Å². The van der Waals surface area contributed by atoms with Crippen LogP contribution in [0.5, 0.6) is 0 Å². The van der Waals surface area contributed by atoms with Crippen molar-refractivity contribution >= 4 is 27.1 Å². The predicted octanol–water partition coefficient (Wildman–Crippen LogP) is 4.82. The highest BCUT2D eigenvalue weighted by molar-refractivity contribution is 7.93. The quantitative estimate of drug-likeness (QED) is 0.546. The molecule has 0 unspecified atom stereocenters. The number of hydrogen-bond acceptors (Lipinski definition) is 4. The topological polar surface area (TPSA) is 61.8 Å². The van der Waals surface area contributed by atoms with Crippen molar-refractivity contribution in [3.05, 3.63) is 59.2 Å². The summed E-state index contributed by atoms with van der Waals surface area (Å²) in [6.45, 7) is 5.52. The number of halogens is 3. The molecule has 2 rings (SSSR count). The fourth-order valence-corrected chi connectivity index (χ4v) is 3.09. The fraction of sp³-hybridized carbons (Fsp3) is 0.316. The summed E-state index contributed by atoms with van der Waals surface area (Å²) in [4.78, 5) is 0. The van der Waals surface area contributed by atoms with Gasteiger partial charge in [0.25, 0.3) is 0 Å². The van der Waals surface area contributed by atoms with Crippen molar-refractivity contribution in [3.63, 3.8) is 0 Å². The van der Waals surface area contributed by atoms with E-state index in [1.165, 1.54) is 12.1 Å². The molecule has 28 heavy (non-hydrogen) atoms. The van der Waals surface area contributed by atoms with Gasteiger partial charge in [-0.3, -0.25) is 9.73 Å². The van der Waals surface area contributed by atoms with Crippen LogP contribution in [0.2, 0.25) is 0 Å². The SMILES string of the molecule is CC/C(=N\N(C)c1ccc(C)cc1)c1cc(C)ccc1NS(=O)(=O)C(F)(F)F. The average molecular weight is 413 g/mol. The molecule has 0 aliphatic heterocycles. The number of alkyl halides is 3. The van der Waals surface area contributed by atoms with Crippen LogP contribution in [0.3, 0.4) is 0 Å². The molecular weight excluding hydrogens is 391 g/mol. The minimum absolute atomic E-state index is 0.166. The van der Waals surface area contributed by atoms with Gasteiger partial charge in [0, 0.05) is 12.6 Å². The minimum Gasteiger partial charge on any atom is -0.275 e. The molecule has 0 heterocycles. The van der Waals surface area contributed by atoms with Gasteiger partial charge in [-0.2, -0.15) is 26.7 Å². The summed E-state index contributed by atoms with van der Waals surface area (Å²) in [5.74, 6) is 0. The van der Waals surface area contributed by atoms with Gasteiger partial charge in [-0.05, 0) is 44.5 Å². The summed E-state index contributed by atoms with van der Waals surface area (Å²) < 4.78 is 63.1. The number of hydrazone groups is 1. The third-order valence-corrected chi connectivity index (χ3v) is 5.15. The van der Waals surface area contributed by atoms with Gasteiger partial charge >= 0.3 is 15.5 Å². The molecule has 0 radical (unpaired) electrons. The van der Waals surface area contributed by atoms with Crippen molar-refractivity contribution in [2.75, 3.05) is 16.8 Å². The summed E-state index contributed by atoms with van der Waals surface area (Å²) in [5, 5.41) is 6.09. The number of rotatable bonds is 6. The molecule has 0 aliphatic carbocycles. The first kappa shape index (κ1) is 21.7. The van der Waals surface area contributed by atoms with E-state index >= 15 is 0 Å². The molecule has 2 aromatic carbocycles. The van der Waals surface area contributed by atoms with Gasteiger partial charge in [-0.15, -0.1) is 0 Å². The lowest BCUT2D eigenvalue weighted by Crippen LogP contribution is -2.30. The summed E-state index contributed by atoms with van der Waals surface area (Å²) in [6, 6.07) is 12.0. The molecule has 0 aliphatic rings. The molecular formula is C19H22F3N3O2S. The van der Waals surface area contributed by atoms with Crippen molar-refractivity contribution in [1.29, 1.82) is 0 Å². The lowest BCUT2D eigenvalue weighted by Gasteiger charge is -2.19. The third-order valence-electron chi connectivity index (χ3n) is 4.05. The Morgan fingerprint density at radius 2 is 1.64 bits per heavy atom. The molecule has 0 saturated carbocycles. The number of sulfonamides is 1. The van der Waals surface area contributed by atoms with Crippen molar-refractivity contribution in [2.24, 2.45) is 5.10 Å². The first-order chi connectivity index (χ1) is 12.9. The van der Waals surface area contributed by atoms with Crippen LogP contribution in [0.4, 0.5) is 24.5 Å². The normalized spacial score (nSPS) is 12.8. The number of nitrogens with zero attached hydrogens (tertiary/aromatic N) is 2. The van der Waals surface area contributed by atoms with Gasteiger partial charge in [0.15, 0.2) is 0 Å². The summed E-state index contributed by atoms with van der Waals surface area (Å²) >= 11 is 0. The second-order valence-electron chi connectivity index (χ2n) is 6.36. The fourth-order valence-electron chi connectivity index (χ4n) is 2.50. The molecule has 2 aromatic rings. The average Bonchev–Trinajstić information content (AvgIpc) is 2.60. The van der Waals surface area contributed by atoms with Crippen LogP contribution in [-0.2, 0) is 10.0 Å². The van der Waals surface area contributed by atoms with Crippen LogP contribution >= 0.6 is 0 Å². The highest BCUT2D eigenvalue weighted by atomic mass is 32.2. The molecule has 9 heteroatoms. The molecule has 0 bridgehead atoms. The van der Waals surface area contributed by atoms with Crippen LogP contribution < -0.4 is 9.73 Å². The highest BCUT2D eigenvalue weighted by Gasteiger charge is 2.46. The first-order valence-corrected chi connectivity index (χ1v) is 10.0. The van der Waals surface area contributed by atoms with E-state index in [2.05, 4.69) is 5.10 Å². The molecule has 0 spiro atoms. The Hall–Kier alpha value is -2.55. The molecule has 152 valence electrons. The van der Waals surface area contributed by atoms with E-state index in [4.69, 9.17) is 0 Å². The van der Waals surface area contributed by atoms with Crippen molar-refractivity contribution in [3.8, 4) is 0 Å². The molecule has 0 fully saturated rings. The van der Waals surface area contributed by atoms with Crippen LogP contribution in [-0.4, -0.2) is 26.7 Å². The van der Waals surface area contributed by atoms with Crippen LogP contribution in [0.1, 0.15) is 30.0 Å². The largest absolute Gasteiger partial charge is 0.516 e. The van der Waals surface area contributed by atoms with Gasteiger partial charge in [0.2, 0.25) is 0 Å². The molecule has 1 N–H and O–H groups in total. The van der Waals surface area contributed by atoms with E-state index in [0.717, 1.165) is 16.8 Å². The summed E-state index contributed by atoms with van der Waals surface area (Å²) in [6.07, 6.45) is 0.389. The van der Waals surface area contributed by atoms with Gasteiger partial charge in [-0.1, -0.05) is 36.2 Å². The highest BCUT2D eigenvalue weighted by Crippen LogP contribution is 2.28. The Balaban J connectivity index is 2.48. The number of anilines is 2. The second-order valence-corrected chi connectivity index (χ2v) is 8.03. The van der Waals surface area contributed by atoms with Gasteiger partial charge in [0.05, 0.1) is 17.1 Å². The van der Waals surface area contributed by atoms with Gasteiger partial charge in [0.1, 0.15) is 0 Å². The van der Waals surface area contributed by atoms with E-state index in [1.807, 2.05) is 31.2 Å². The Morgan fingerprint density at radius 1 is 1.07 bits per heavy atom. The molecule has 0 amide bonds. The summed E-state index contributed by atoms with van der Waals surface area (Å²) in [5.41, 5.74) is -2.18. The maximum Gasteiger partial charge on any atom is 0.516 e. The molecule has 0 saturated heterocycles. The number of nitrogens with one attached hydrogen (secondary N) is 1. The zero-order valence-electron chi connectivity index (χ0n) is 16.0. The number of hydrogen-bond donors (Lipinski definition) is 1. The lowest BCUT2D eigenvalue weighted by atomic mass is 10.0. The van der Waals surface area contributed by atoms with Crippen molar-refractivity contribution in [1.82, 2.24) is 0 Å². The lowest BCUT2D eigenvalue weighted by molar-refractivity contribution is -0.0429. The van der Waals surface area contributed by atoms with E-state index in [1.54, 1.807) is 36.7 Å². The first-order valence-electron chi connectivity index (χ1n) is 8.52. The van der Waals surface area contributed by atoms with Gasteiger partial charge in [-0.25, -0.2) is 0 Å². The van der Waals surface area contributed by atoms with Crippen LogP contribution in [0, 0.1) is 13.8 Å². The standard InChI is InChI=1S/C19H22F3N3O2S/c1-5-17(23-25(4)15-9-6-13(2)7-10-15)16-12-14(3)8-11-18(16)24-28(26,27)19(20,21)22/h6-12,24H,5H2,1-4H3/b23-17+. The van der Waals surface area contributed by atoms with Crippen molar-refractivity contribution in [2.45, 2.75) is 32.7 Å². The smallest absolute Gasteiger partial charge is 0.275 e. The summed E-state index contributed by atoms with van der Waals surface area (Å²) in [7, 11) is -3.81. The monoisotopic (exact) mass is 413 g/mol. The van der Waals surface area contributed by atoms with E-state index in [0.29, 0.717) is 17.7 Å². The Bertz CT molecular complexity index is 969. The zero-order chi connectivity index (χ0) is 21.1. The van der Waals surface area contributed by atoms with E-state index < -0.39 is 15.5 Å². The van der Waals surface area contributed by atoms with E-state index in [-0.39, 0.29) is 5.69 Å². The zero-order valence-corrected chi connectivity index (χ0v) is 16.8. The predicted molar refractivity (Wildman–Crippen MR) is 106 cm³/mol. The Kier molecular flexibility index (Phi) is 6.38. The second kappa shape index (κ2) is 8.22. The Morgan fingerprint density at radius 3 is 2.18 bits per heavy atom.